The topological polar surface area (TPSA) is 65.6 Å². The van der Waals surface area contributed by atoms with Gasteiger partial charge in [0.15, 0.2) is 0 Å². The van der Waals surface area contributed by atoms with Crippen LogP contribution in [0.25, 0.3) is 11.3 Å². The number of anilines is 1. The summed E-state index contributed by atoms with van der Waals surface area (Å²) < 4.78 is 1.02. The zero-order valence-electron chi connectivity index (χ0n) is 7.79. The second kappa shape index (κ2) is 3.79. The SMILES string of the molecule is N#Cc1cc(-c2ccc(Br)cc2)[nH]c1N. The van der Waals surface area contributed by atoms with E-state index in [1.807, 2.05) is 30.3 Å². The Morgan fingerprint density at radius 3 is 2.47 bits per heavy atom. The van der Waals surface area contributed by atoms with Crippen LogP contribution in [0, 0.1) is 11.3 Å². The molecule has 0 atom stereocenters. The van der Waals surface area contributed by atoms with Gasteiger partial charge < -0.3 is 10.7 Å². The van der Waals surface area contributed by atoms with Crippen molar-refractivity contribution in [1.82, 2.24) is 4.98 Å². The lowest BCUT2D eigenvalue weighted by Gasteiger charge is -1.97. The van der Waals surface area contributed by atoms with E-state index >= 15 is 0 Å². The summed E-state index contributed by atoms with van der Waals surface area (Å²) in [5.74, 6) is 0.412. The van der Waals surface area contributed by atoms with Gasteiger partial charge in [-0.25, -0.2) is 0 Å². The van der Waals surface area contributed by atoms with Crippen LogP contribution in [0.1, 0.15) is 5.56 Å². The number of nitrogen functional groups attached to an aromatic ring is 1. The minimum absolute atomic E-state index is 0.412. The average molecular weight is 262 g/mol. The first-order chi connectivity index (χ1) is 7.20. The van der Waals surface area contributed by atoms with Crippen LogP contribution in [0.4, 0.5) is 5.82 Å². The number of nitriles is 1. The largest absolute Gasteiger partial charge is 0.384 e. The van der Waals surface area contributed by atoms with E-state index in [1.165, 1.54) is 0 Å². The maximum atomic E-state index is 8.77. The third-order valence-corrected chi connectivity index (χ3v) is 2.65. The number of nitrogens with two attached hydrogens (primary N) is 1. The number of halogens is 1. The summed E-state index contributed by atoms with van der Waals surface area (Å²) in [4.78, 5) is 2.97. The lowest BCUT2D eigenvalue weighted by molar-refractivity contribution is 1.39. The molecule has 0 saturated heterocycles. The normalized spacial score (nSPS) is 9.87. The summed E-state index contributed by atoms with van der Waals surface area (Å²) in [5, 5.41) is 8.77. The zero-order valence-corrected chi connectivity index (χ0v) is 9.38. The first-order valence-corrected chi connectivity index (χ1v) is 5.14. The van der Waals surface area contributed by atoms with Gasteiger partial charge in [0.25, 0.3) is 0 Å². The standard InChI is InChI=1S/C11H8BrN3/c12-9-3-1-7(2-4-9)10-5-8(6-13)11(14)15-10/h1-5,15H,14H2. The lowest BCUT2D eigenvalue weighted by atomic mass is 10.1. The van der Waals surface area contributed by atoms with Gasteiger partial charge in [-0.05, 0) is 23.8 Å². The molecule has 0 saturated carbocycles. The van der Waals surface area contributed by atoms with Crippen LogP contribution in [0.2, 0.25) is 0 Å². The Bertz CT molecular complexity index is 520. The highest BCUT2D eigenvalue weighted by atomic mass is 79.9. The summed E-state index contributed by atoms with van der Waals surface area (Å²) in [6.45, 7) is 0. The van der Waals surface area contributed by atoms with Crippen molar-refractivity contribution in [2.24, 2.45) is 0 Å². The van der Waals surface area contributed by atoms with Crippen molar-refractivity contribution >= 4 is 21.7 Å². The van der Waals surface area contributed by atoms with E-state index in [-0.39, 0.29) is 0 Å². The maximum absolute atomic E-state index is 8.77. The number of benzene rings is 1. The van der Waals surface area contributed by atoms with Crippen LogP contribution >= 0.6 is 15.9 Å². The first-order valence-electron chi connectivity index (χ1n) is 4.35. The zero-order chi connectivity index (χ0) is 10.8. The Balaban J connectivity index is 2.46. The minimum atomic E-state index is 0.412. The molecule has 0 unspecified atom stereocenters. The number of rotatable bonds is 1. The second-order valence-electron chi connectivity index (χ2n) is 3.13. The second-order valence-corrected chi connectivity index (χ2v) is 4.04. The monoisotopic (exact) mass is 261 g/mol. The maximum Gasteiger partial charge on any atom is 0.119 e. The number of aromatic nitrogens is 1. The van der Waals surface area contributed by atoms with Crippen LogP contribution in [0.3, 0.4) is 0 Å². The Labute approximate surface area is 95.7 Å². The fourth-order valence-electron chi connectivity index (χ4n) is 1.35. The number of nitrogens with zero attached hydrogens (tertiary/aromatic N) is 1. The number of hydrogen-bond donors (Lipinski definition) is 2. The summed E-state index contributed by atoms with van der Waals surface area (Å²) in [6.07, 6.45) is 0. The van der Waals surface area contributed by atoms with Crippen molar-refractivity contribution < 1.29 is 0 Å². The number of hydrogen-bond acceptors (Lipinski definition) is 2. The number of aromatic amines is 1. The molecule has 2 aromatic rings. The predicted molar refractivity (Wildman–Crippen MR) is 63.1 cm³/mol. The average Bonchev–Trinajstić information content (AvgIpc) is 2.61. The molecule has 4 heteroatoms. The van der Waals surface area contributed by atoms with Crippen LogP contribution in [-0.2, 0) is 0 Å². The van der Waals surface area contributed by atoms with Gasteiger partial charge in [0, 0.05) is 10.2 Å². The van der Waals surface area contributed by atoms with Gasteiger partial charge in [-0.3, -0.25) is 0 Å². The van der Waals surface area contributed by atoms with Gasteiger partial charge in [0.1, 0.15) is 11.9 Å². The molecular weight excluding hydrogens is 254 g/mol. The highest BCUT2D eigenvalue weighted by molar-refractivity contribution is 9.10. The Kier molecular flexibility index (Phi) is 2.48. The molecule has 1 aromatic heterocycles. The molecule has 15 heavy (non-hydrogen) atoms. The van der Waals surface area contributed by atoms with E-state index in [9.17, 15) is 0 Å². The molecule has 0 bridgehead atoms. The smallest absolute Gasteiger partial charge is 0.119 e. The Morgan fingerprint density at radius 2 is 1.93 bits per heavy atom. The molecule has 1 aromatic carbocycles. The van der Waals surface area contributed by atoms with E-state index in [4.69, 9.17) is 11.0 Å². The third kappa shape index (κ3) is 1.88. The minimum Gasteiger partial charge on any atom is -0.384 e. The van der Waals surface area contributed by atoms with E-state index in [0.29, 0.717) is 11.4 Å². The van der Waals surface area contributed by atoms with E-state index < -0.39 is 0 Å². The molecule has 0 aliphatic carbocycles. The van der Waals surface area contributed by atoms with Crippen LogP contribution in [0.5, 0.6) is 0 Å². The predicted octanol–water partition coefficient (Wildman–Crippen LogP) is 2.90. The van der Waals surface area contributed by atoms with E-state index in [1.54, 1.807) is 6.07 Å². The highest BCUT2D eigenvalue weighted by Crippen LogP contribution is 2.24. The third-order valence-electron chi connectivity index (χ3n) is 2.12. The molecule has 0 fully saturated rings. The molecule has 3 nitrogen and oxygen atoms in total. The van der Waals surface area contributed by atoms with Gasteiger partial charge in [-0.1, -0.05) is 28.1 Å². The molecule has 0 aliphatic rings. The molecule has 2 rings (SSSR count). The molecule has 1 heterocycles. The van der Waals surface area contributed by atoms with Crippen molar-refractivity contribution in [2.45, 2.75) is 0 Å². The molecular formula is C11H8BrN3. The van der Waals surface area contributed by atoms with E-state index in [0.717, 1.165) is 15.7 Å². The Morgan fingerprint density at radius 1 is 1.27 bits per heavy atom. The number of nitrogens with one attached hydrogen (secondary N) is 1. The molecule has 74 valence electrons. The summed E-state index contributed by atoms with van der Waals surface area (Å²) in [6, 6.07) is 11.6. The van der Waals surface area contributed by atoms with E-state index in [2.05, 4.69) is 20.9 Å². The molecule has 0 amide bonds. The van der Waals surface area contributed by atoms with Crippen molar-refractivity contribution in [3.63, 3.8) is 0 Å². The van der Waals surface area contributed by atoms with Crippen molar-refractivity contribution in [3.8, 4) is 17.3 Å². The van der Waals surface area contributed by atoms with Gasteiger partial charge in [-0.2, -0.15) is 5.26 Å². The fourth-order valence-corrected chi connectivity index (χ4v) is 1.61. The van der Waals surface area contributed by atoms with Crippen molar-refractivity contribution in [2.75, 3.05) is 5.73 Å². The lowest BCUT2D eigenvalue weighted by Crippen LogP contribution is -1.86. The number of H-pyrrole nitrogens is 1. The van der Waals surface area contributed by atoms with Crippen LogP contribution in [-0.4, -0.2) is 4.98 Å². The summed E-state index contributed by atoms with van der Waals surface area (Å²) in [5.41, 5.74) is 7.98. The fraction of sp³-hybridized carbons (Fsp3) is 0. The summed E-state index contributed by atoms with van der Waals surface area (Å²) >= 11 is 3.36. The van der Waals surface area contributed by atoms with Crippen molar-refractivity contribution in [1.29, 1.82) is 5.26 Å². The van der Waals surface area contributed by atoms with Crippen molar-refractivity contribution in [3.05, 3.63) is 40.4 Å². The molecule has 3 N–H and O–H groups in total. The van der Waals surface area contributed by atoms with Crippen LogP contribution < -0.4 is 5.73 Å². The van der Waals surface area contributed by atoms with Gasteiger partial charge >= 0.3 is 0 Å². The van der Waals surface area contributed by atoms with Gasteiger partial charge in [0.05, 0.1) is 5.56 Å². The summed E-state index contributed by atoms with van der Waals surface area (Å²) in [7, 11) is 0. The first kappa shape index (κ1) is 9.81. The highest BCUT2D eigenvalue weighted by Gasteiger charge is 2.05. The molecule has 0 spiro atoms. The molecule has 0 aliphatic heterocycles. The molecule has 0 radical (unpaired) electrons. The van der Waals surface area contributed by atoms with Gasteiger partial charge in [-0.15, -0.1) is 0 Å². The quantitative estimate of drug-likeness (QED) is 0.829. The van der Waals surface area contributed by atoms with Crippen LogP contribution in [0.15, 0.2) is 34.8 Å². The van der Waals surface area contributed by atoms with Gasteiger partial charge in [0.2, 0.25) is 0 Å². The Hall–Kier alpha value is -1.73.